The van der Waals surface area contributed by atoms with Gasteiger partial charge >= 0.3 is 0 Å². The molecule has 0 saturated heterocycles. The lowest BCUT2D eigenvalue weighted by molar-refractivity contribution is 0.680. The van der Waals surface area contributed by atoms with Gasteiger partial charge in [-0.2, -0.15) is 0 Å². The highest BCUT2D eigenvalue weighted by Gasteiger charge is 2.10. The molecule has 6 nitrogen and oxygen atoms in total. The average molecular weight is 266 g/mol. The van der Waals surface area contributed by atoms with Crippen LogP contribution in [0, 0.1) is 6.92 Å². The van der Waals surface area contributed by atoms with E-state index in [4.69, 9.17) is 0 Å². The first-order valence-electron chi connectivity index (χ1n) is 6.33. The van der Waals surface area contributed by atoms with Gasteiger partial charge in [0.15, 0.2) is 5.82 Å². The second kappa shape index (κ2) is 5.16. The number of rotatable bonds is 3. The Balaban J connectivity index is 1.97. The summed E-state index contributed by atoms with van der Waals surface area (Å²) in [4.78, 5) is 9.00. The molecule has 0 N–H and O–H groups in total. The minimum Gasteiger partial charge on any atom is -0.241 e. The first-order valence-corrected chi connectivity index (χ1v) is 6.33. The van der Waals surface area contributed by atoms with Gasteiger partial charge < -0.3 is 0 Å². The fourth-order valence-electron chi connectivity index (χ4n) is 1.99. The lowest BCUT2D eigenvalue weighted by Gasteiger charge is -2.07. The first kappa shape index (κ1) is 12.4. The van der Waals surface area contributed by atoms with E-state index in [1.165, 1.54) is 0 Å². The highest BCUT2D eigenvalue weighted by Crippen LogP contribution is 2.20. The number of aromatic nitrogens is 6. The van der Waals surface area contributed by atoms with Crippen molar-refractivity contribution in [2.45, 2.75) is 13.3 Å². The maximum atomic E-state index is 4.64. The van der Waals surface area contributed by atoms with Crippen molar-refractivity contribution in [3.05, 3.63) is 53.7 Å². The second-order valence-electron chi connectivity index (χ2n) is 4.58. The van der Waals surface area contributed by atoms with Crippen molar-refractivity contribution in [2.24, 2.45) is 7.05 Å². The van der Waals surface area contributed by atoms with Crippen LogP contribution in [-0.2, 0) is 13.5 Å². The van der Waals surface area contributed by atoms with Gasteiger partial charge in [0, 0.05) is 18.8 Å². The second-order valence-corrected chi connectivity index (χ2v) is 4.58. The molecule has 1 aromatic carbocycles. The molecule has 0 saturated carbocycles. The molecule has 0 aliphatic carbocycles. The van der Waals surface area contributed by atoms with Crippen molar-refractivity contribution in [1.82, 2.24) is 30.2 Å². The molecule has 0 spiro atoms. The summed E-state index contributed by atoms with van der Waals surface area (Å²) >= 11 is 0. The molecule has 0 fully saturated rings. The molecule has 0 bridgehead atoms. The number of hydrogen-bond acceptors (Lipinski definition) is 5. The third-order valence-corrected chi connectivity index (χ3v) is 3.09. The van der Waals surface area contributed by atoms with Crippen LogP contribution >= 0.6 is 0 Å². The van der Waals surface area contributed by atoms with Gasteiger partial charge in [0.1, 0.15) is 5.82 Å². The van der Waals surface area contributed by atoms with Gasteiger partial charge in [-0.1, -0.05) is 30.3 Å². The molecule has 0 atom stereocenters. The third kappa shape index (κ3) is 2.40. The fraction of sp³-hybridized carbons (Fsp3) is 0.214. The molecule has 2 aromatic heterocycles. The minimum atomic E-state index is 0.517. The SMILES string of the molecule is Cc1cnc(Cc2nnnn2C)nc1-c1ccccc1. The van der Waals surface area contributed by atoms with Gasteiger partial charge in [-0.05, 0) is 22.9 Å². The Morgan fingerprint density at radius 2 is 1.95 bits per heavy atom. The minimum absolute atomic E-state index is 0.517. The lowest BCUT2D eigenvalue weighted by Crippen LogP contribution is -2.05. The Morgan fingerprint density at radius 1 is 1.15 bits per heavy atom. The maximum Gasteiger partial charge on any atom is 0.158 e. The molecule has 0 amide bonds. The van der Waals surface area contributed by atoms with Crippen molar-refractivity contribution in [3.63, 3.8) is 0 Å². The Kier molecular flexibility index (Phi) is 3.20. The standard InChI is InChI=1S/C14H14N6/c1-10-9-15-12(8-13-17-18-19-20(13)2)16-14(10)11-6-4-3-5-7-11/h3-7,9H,8H2,1-2H3. The number of aryl methyl sites for hydroxylation is 2. The van der Waals surface area contributed by atoms with Crippen molar-refractivity contribution < 1.29 is 0 Å². The summed E-state index contributed by atoms with van der Waals surface area (Å²) in [5.74, 6) is 1.46. The Labute approximate surface area is 116 Å². The van der Waals surface area contributed by atoms with E-state index in [1.54, 1.807) is 4.68 Å². The Bertz CT molecular complexity index is 720. The van der Waals surface area contributed by atoms with E-state index in [-0.39, 0.29) is 0 Å². The van der Waals surface area contributed by atoms with E-state index in [0.717, 1.165) is 22.6 Å². The zero-order chi connectivity index (χ0) is 13.9. The van der Waals surface area contributed by atoms with E-state index in [2.05, 4.69) is 25.5 Å². The molecule has 3 aromatic rings. The van der Waals surface area contributed by atoms with Crippen molar-refractivity contribution in [2.75, 3.05) is 0 Å². The molecular formula is C14H14N6. The van der Waals surface area contributed by atoms with Crippen LogP contribution in [0.4, 0.5) is 0 Å². The third-order valence-electron chi connectivity index (χ3n) is 3.09. The predicted octanol–water partition coefficient (Wildman–Crippen LogP) is 1.57. The van der Waals surface area contributed by atoms with E-state index in [1.807, 2.05) is 50.5 Å². The molecular weight excluding hydrogens is 252 g/mol. The van der Waals surface area contributed by atoms with Crippen LogP contribution in [0.1, 0.15) is 17.2 Å². The quantitative estimate of drug-likeness (QED) is 0.719. The van der Waals surface area contributed by atoms with Gasteiger partial charge in [-0.25, -0.2) is 14.6 Å². The Hall–Kier alpha value is -2.63. The van der Waals surface area contributed by atoms with Gasteiger partial charge in [0.25, 0.3) is 0 Å². The summed E-state index contributed by atoms with van der Waals surface area (Å²) in [6.45, 7) is 2.01. The van der Waals surface area contributed by atoms with Gasteiger partial charge in [0.05, 0.1) is 12.1 Å². The zero-order valence-corrected chi connectivity index (χ0v) is 11.4. The predicted molar refractivity (Wildman–Crippen MR) is 73.8 cm³/mol. The first-order chi connectivity index (χ1) is 9.74. The van der Waals surface area contributed by atoms with Crippen LogP contribution in [0.2, 0.25) is 0 Å². The lowest BCUT2D eigenvalue weighted by atomic mass is 10.1. The summed E-state index contributed by atoms with van der Waals surface area (Å²) in [6.07, 6.45) is 2.36. The summed E-state index contributed by atoms with van der Waals surface area (Å²) in [5, 5.41) is 11.4. The monoisotopic (exact) mass is 266 g/mol. The van der Waals surface area contributed by atoms with Crippen LogP contribution < -0.4 is 0 Å². The number of nitrogens with zero attached hydrogens (tertiary/aromatic N) is 6. The van der Waals surface area contributed by atoms with E-state index >= 15 is 0 Å². The van der Waals surface area contributed by atoms with E-state index in [9.17, 15) is 0 Å². The molecule has 2 heterocycles. The summed E-state index contributed by atoms with van der Waals surface area (Å²) in [5.41, 5.74) is 3.09. The molecule has 0 unspecified atom stereocenters. The summed E-state index contributed by atoms with van der Waals surface area (Å²) in [7, 11) is 1.81. The van der Waals surface area contributed by atoms with Crippen LogP contribution in [0.25, 0.3) is 11.3 Å². The normalized spacial score (nSPS) is 10.7. The highest BCUT2D eigenvalue weighted by atomic mass is 15.5. The molecule has 0 aliphatic heterocycles. The molecule has 0 aliphatic rings. The largest absolute Gasteiger partial charge is 0.241 e. The van der Waals surface area contributed by atoms with Crippen LogP contribution in [0.3, 0.4) is 0 Å². The number of tetrazole rings is 1. The summed E-state index contributed by atoms with van der Waals surface area (Å²) < 4.78 is 1.63. The van der Waals surface area contributed by atoms with Gasteiger partial charge in [-0.15, -0.1) is 5.10 Å². The molecule has 0 radical (unpaired) electrons. The molecule has 20 heavy (non-hydrogen) atoms. The summed E-state index contributed by atoms with van der Waals surface area (Å²) in [6, 6.07) is 10.1. The zero-order valence-electron chi connectivity index (χ0n) is 11.4. The van der Waals surface area contributed by atoms with Crippen molar-refractivity contribution >= 4 is 0 Å². The maximum absolute atomic E-state index is 4.64. The Morgan fingerprint density at radius 3 is 2.65 bits per heavy atom. The topological polar surface area (TPSA) is 69.4 Å². The molecule has 3 rings (SSSR count). The van der Waals surface area contributed by atoms with Crippen LogP contribution in [0.5, 0.6) is 0 Å². The molecule has 100 valence electrons. The smallest absolute Gasteiger partial charge is 0.158 e. The van der Waals surface area contributed by atoms with Crippen molar-refractivity contribution in [3.8, 4) is 11.3 Å². The van der Waals surface area contributed by atoms with Crippen LogP contribution in [-0.4, -0.2) is 30.2 Å². The highest BCUT2D eigenvalue weighted by molar-refractivity contribution is 5.62. The van der Waals surface area contributed by atoms with Crippen LogP contribution in [0.15, 0.2) is 36.5 Å². The average Bonchev–Trinajstić information content (AvgIpc) is 2.87. The number of benzene rings is 1. The van der Waals surface area contributed by atoms with E-state index < -0.39 is 0 Å². The van der Waals surface area contributed by atoms with Gasteiger partial charge in [0.2, 0.25) is 0 Å². The van der Waals surface area contributed by atoms with E-state index in [0.29, 0.717) is 12.2 Å². The fourth-order valence-corrected chi connectivity index (χ4v) is 1.99. The van der Waals surface area contributed by atoms with Gasteiger partial charge in [-0.3, -0.25) is 0 Å². The van der Waals surface area contributed by atoms with Crippen molar-refractivity contribution in [1.29, 1.82) is 0 Å². The molecule has 6 heteroatoms. The number of hydrogen-bond donors (Lipinski definition) is 0.